The average Bonchev–Trinajstić information content (AvgIpc) is 2.64. The van der Waals surface area contributed by atoms with E-state index < -0.39 is 0 Å². The Hall–Kier alpha value is -0.990. The molecule has 0 saturated heterocycles. The van der Waals surface area contributed by atoms with Crippen molar-refractivity contribution in [3.8, 4) is 0 Å². The Morgan fingerprint density at radius 3 is 2.76 bits per heavy atom. The Kier molecular flexibility index (Phi) is 3.75. The molecule has 2 nitrogen and oxygen atoms in total. The molecule has 2 rings (SSSR count). The van der Waals surface area contributed by atoms with Gasteiger partial charge in [-0.1, -0.05) is 17.7 Å². The molecule has 0 unspecified atom stereocenters. The van der Waals surface area contributed by atoms with Crippen molar-refractivity contribution in [1.29, 1.82) is 0 Å². The van der Waals surface area contributed by atoms with E-state index in [2.05, 4.69) is 30.7 Å². The Bertz CT molecular complexity index is 514. The minimum atomic E-state index is 0.447. The van der Waals surface area contributed by atoms with Crippen molar-refractivity contribution in [2.45, 2.75) is 32.7 Å². The number of nitrogens with two attached hydrogens (primary N) is 1. The fourth-order valence-corrected chi connectivity index (χ4v) is 2.38. The number of aromatic nitrogens is 1. The minimum Gasteiger partial charge on any atom is -0.345 e. The standard InChI is InChI=1S/C14H19ClN2/c1-10(2)17-9-11(4-3-7-16)13-6-5-12(15)8-14(13)17/h5-6,8-10H,3-4,7,16H2,1-2H3. The number of nitrogens with zero attached hydrogens (tertiary/aromatic N) is 1. The molecule has 0 aliphatic carbocycles. The number of fused-ring (bicyclic) bond motifs is 1. The number of halogens is 1. The van der Waals surface area contributed by atoms with Gasteiger partial charge in [0.1, 0.15) is 0 Å². The van der Waals surface area contributed by atoms with Gasteiger partial charge in [-0.25, -0.2) is 0 Å². The van der Waals surface area contributed by atoms with Crippen molar-refractivity contribution in [3.05, 3.63) is 35.0 Å². The molecule has 0 spiro atoms. The van der Waals surface area contributed by atoms with Crippen LogP contribution in [-0.2, 0) is 6.42 Å². The zero-order chi connectivity index (χ0) is 12.4. The maximum absolute atomic E-state index is 6.08. The Morgan fingerprint density at radius 2 is 2.12 bits per heavy atom. The van der Waals surface area contributed by atoms with Gasteiger partial charge in [0.25, 0.3) is 0 Å². The third kappa shape index (κ3) is 2.48. The maximum Gasteiger partial charge on any atom is 0.0500 e. The molecule has 0 saturated carbocycles. The van der Waals surface area contributed by atoms with Crippen LogP contribution in [0.3, 0.4) is 0 Å². The normalized spacial score (nSPS) is 11.6. The van der Waals surface area contributed by atoms with Crippen LogP contribution < -0.4 is 5.73 Å². The zero-order valence-electron chi connectivity index (χ0n) is 10.4. The van der Waals surface area contributed by atoms with Crippen molar-refractivity contribution >= 4 is 22.5 Å². The molecule has 0 aliphatic heterocycles. The number of benzene rings is 1. The molecule has 0 aliphatic rings. The van der Waals surface area contributed by atoms with E-state index >= 15 is 0 Å². The fourth-order valence-electron chi connectivity index (χ4n) is 2.22. The van der Waals surface area contributed by atoms with Gasteiger partial charge in [0.05, 0.1) is 5.52 Å². The monoisotopic (exact) mass is 250 g/mol. The Balaban J connectivity index is 2.54. The van der Waals surface area contributed by atoms with Crippen LogP contribution in [0.5, 0.6) is 0 Å². The summed E-state index contributed by atoms with van der Waals surface area (Å²) in [5.41, 5.74) is 8.18. The van der Waals surface area contributed by atoms with E-state index in [9.17, 15) is 0 Å². The van der Waals surface area contributed by atoms with Crippen LogP contribution in [0.4, 0.5) is 0 Å². The lowest BCUT2D eigenvalue weighted by molar-refractivity contribution is 0.620. The predicted octanol–water partition coefficient (Wildman–Crippen LogP) is 3.77. The van der Waals surface area contributed by atoms with Gasteiger partial charge in [-0.05, 0) is 50.9 Å². The van der Waals surface area contributed by atoms with E-state index in [1.165, 1.54) is 16.5 Å². The lowest BCUT2D eigenvalue weighted by Crippen LogP contribution is -2.00. The average molecular weight is 251 g/mol. The van der Waals surface area contributed by atoms with Gasteiger partial charge in [0.2, 0.25) is 0 Å². The van der Waals surface area contributed by atoms with Crippen molar-refractivity contribution in [2.75, 3.05) is 6.54 Å². The molecule has 17 heavy (non-hydrogen) atoms. The molecular formula is C14H19ClN2. The van der Waals surface area contributed by atoms with E-state index in [4.69, 9.17) is 17.3 Å². The Morgan fingerprint density at radius 1 is 1.35 bits per heavy atom. The first-order valence-corrected chi connectivity index (χ1v) is 6.50. The van der Waals surface area contributed by atoms with Crippen LogP contribution in [0.15, 0.2) is 24.4 Å². The first kappa shape index (κ1) is 12.5. The predicted molar refractivity (Wildman–Crippen MR) is 74.7 cm³/mol. The largest absolute Gasteiger partial charge is 0.345 e. The van der Waals surface area contributed by atoms with Crippen LogP contribution in [-0.4, -0.2) is 11.1 Å². The number of hydrogen-bond donors (Lipinski definition) is 1. The SMILES string of the molecule is CC(C)n1cc(CCCN)c2ccc(Cl)cc21. The third-order valence-electron chi connectivity index (χ3n) is 3.09. The highest BCUT2D eigenvalue weighted by atomic mass is 35.5. The topological polar surface area (TPSA) is 30.9 Å². The second-order valence-electron chi connectivity index (χ2n) is 4.71. The Labute approximate surface area is 107 Å². The van der Waals surface area contributed by atoms with E-state index in [0.717, 1.165) is 24.4 Å². The summed E-state index contributed by atoms with van der Waals surface area (Å²) in [5, 5.41) is 2.10. The number of rotatable bonds is 4. The van der Waals surface area contributed by atoms with Crippen molar-refractivity contribution in [1.82, 2.24) is 4.57 Å². The highest BCUT2D eigenvalue weighted by Gasteiger charge is 2.10. The molecule has 1 heterocycles. The van der Waals surface area contributed by atoms with E-state index in [1.54, 1.807) is 0 Å². The van der Waals surface area contributed by atoms with Gasteiger partial charge in [0, 0.05) is 22.6 Å². The molecule has 1 aromatic carbocycles. The summed E-state index contributed by atoms with van der Waals surface area (Å²) < 4.78 is 2.28. The van der Waals surface area contributed by atoms with Gasteiger partial charge < -0.3 is 10.3 Å². The van der Waals surface area contributed by atoms with Crippen LogP contribution >= 0.6 is 11.6 Å². The lowest BCUT2D eigenvalue weighted by atomic mass is 10.1. The van der Waals surface area contributed by atoms with E-state index in [1.807, 2.05) is 12.1 Å². The molecule has 1 aromatic heterocycles. The molecule has 0 amide bonds. The van der Waals surface area contributed by atoms with Gasteiger partial charge in [-0.2, -0.15) is 0 Å². The van der Waals surface area contributed by atoms with Crippen LogP contribution in [0.2, 0.25) is 5.02 Å². The summed E-state index contributed by atoms with van der Waals surface area (Å²) in [6.45, 7) is 5.11. The van der Waals surface area contributed by atoms with Gasteiger partial charge in [-0.15, -0.1) is 0 Å². The number of hydrogen-bond acceptors (Lipinski definition) is 1. The van der Waals surface area contributed by atoms with Crippen LogP contribution in [0.1, 0.15) is 31.9 Å². The van der Waals surface area contributed by atoms with Gasteiger partial charge >= 0.3 is 0 Å². The van der Waals surface area contributed by atoms with Gasteiger partial charge in [-0.3, -0.25) is 0 Å². The van der Waals surface area contributed by atoms with E-state index in [-0.39, 0.29) is 0 Å². The third-order valence-corrected chi connectivity index (χ3v) is 3.32. The molecule has 3 heteroatoms. The van der Waals surface area contributed by atoms with Crippen molar-refractivity contribution in [2.24, 2.45) is 5.73 Å². The van der Waals surface area contributed by atoms with E-state index in [0.29, 0.717) is 6.04 Å². The first-order chi connectivity index (χ1) is 8.13. The highest BCUT2D eigenvalue weighted by molar-refractivity contribution is 6.31. The summed E-state index contributed by atoms with van der Waals surface area (Å²) in [5.74, 6) is 0. The molecule has 0 radical (unpaired) electrons. The summed E-state index contributed by atoms with van der Waals surface area (Å²) >= 11 is 6.08. The summed E-state index contributed by atoms with van der Waals surface area (Å²) in [6, 6.07) is 6.56. The quantitative estimate of drug-likeness (QED) is 0.880. The summed E-state index contributed by atoms with van der Waals surface area (Å²) in [7, 11) is 0. The van der Waals surface area contributed by atoms with Crippen LogP contribution in [0.25, 0.3) is 10.9 Å². The lowest BCUT2D eigenvalue weighted by Gasteiger charge is -2.08. The highest BCUT2D eigenvalue weighted by Crippen LogP contribution is 2.28. The summed E-state index contributed by atoms with van der Waals surface area (Å²) in [4.78, 5) is 0. The zero-order valence-corrected chi connectivity index (χ0v) is 11.2. The molecule has 2 N–H and O–H groups in total. The molecule has 0 fully saturated rings. The molecular weight excluding hydrogens is 232 g/mol. The number of aryl methyl sites for hydroxylation is 1. The van der Waals surface area contributed by atoms with Crippen molar-refractivity contribution in [3.63, 3.8) is 0 Å². The smallest absolute Gasteiger partial charge is 0.0500 e. The second-order valence-corrected chi connectivity index (χ2v) is 5.15. The minimum absolute atomic E-state index is 0.447. The first-order valence-electron chi connectivity index (χ1n) is 6.12. The molecule has 0 atom stereocenters. The molecule has 2 aromatic rings. The van der Waals surface area contributed by atoms with Gasteiger partial charge in [0.15, 0.2) is 0 Å². The van der Waals surface area contributed by atoms with Crippen LogP contribution in [0, 0.1) is 0 Å². The molecule has 92 valence electrons. The second kappa shape index (κ2) is 5.11. The fraction of sp³-hybridized carbons (Fsp3) is 0.429. The maximum atomic E-state index is 6.08. The van der Waals surface area contributed by atoms with Crippen molar-refractivity contribution < 1.29 is 0 Å². The summed E-state index contributed by atoms with van der Waals surface area (Å²) in [6.07, 6.45) is 4.30. The molecule has 0 bridgehead atoms.